The summed E-state index contributed by atoms with van der Waals surface area (Å²) in [5.74, 6) is -2.59. The first-order valence-corrected chi connectivity index (χ1v) is 9.92. The maximum atomic E-state index is 13.1. The molecule has 1 aliphatic heterocycles. The van der Waals surface area contributed by atoms with E-state index in [-0.39, 0.29) is 12.5 Å². The second-order valence-corrected chi connectivity index (χ2v) is 7.15. The summed E-state index contributed by atoms with van der Waals surface area (Å²) >= 11 is 0. The van der Waals surface area contributed by atoms with E-state index in [0.717, 1.165) is 11.3 Å². The summed E-state index contributed by atoms with van der Waals surface area (Å²) in [6, 6.07) is 15.9. The van der Waals surface area contributed by atoms with E-state index in [1.165, 1.54) is 0 Å². The highest BCUT2D eigenvalue weighted by molar-refractivity contribution is 5.92. The van der Waals surface area contributed by atoms with Gasteiger partial charge in [0.15, 0.2) is 5.90 Å². The number of amides is 2. The number of nitrogens with zero attached hydrogens (tertiary/aromatic N) is 2. The fraction of sp³-hybridized carbons (Fsp3) is 0.318. The largest absolute Gasteiger partial charge is 0.468 e. The Labute approximate surface area is 183 Å². The summed E-state index contributed by atoms with van der Waals surface area (Å²) in [6.07, 6.45) is -5.11. The molecule has 2 amide bonds. The zero-order chi connectivity index (χ0) is 23.1. The third kappa shape index (κ3) is 6.30. The van der Waals surface area contributed by atoms with Crippen molar-refractivity contribution in [2.24, 2.45) is 0 Å². The van der Waals surface area contributed by atoms with E-state index >= 15 is 0 Å². The van der Waals surface area contributed by atoms with Crippen molar-refractivity contribution >= 4 is 23.5 Å². The second-order valence-electron chi connectivity index (χ2n) is 7.15. The molecule has 10 heteroatoms. The summed E-state index contributed by atoms with van der Waals surface area (Å²) < 4.78 is 46.7. The number of hydrogen-bond acceptors (Lipinski definition) is 5. The van der Waals surface area contributed by atoms with Crippen molar-refractivity contribution in [3.05, 3.63) is 65.7 Å². The highest BCUT2D eigenvalue weighted by Crippen LogP contribution is 2.21. The highest BCUT2D eigenvalue weighted by Gasteiger charge is 2.37. The van der Waals surface area contributed by atoms with Gasteiger partial charge in [-0.05, 0) is 23.3 Å². The lowest BCUT2D eigenvalue weighted by Crippen LogP contribution is -2.48. The van der Waals surface area contributed by atoms with Crippen LogP contribution in [0.4, 0.5) is 23.7 Å². The number of carbonyl (C=O) groups excluding carboxylic acids is 1. The molecule has 0 saturated carbocycles. The predicted molar refractivity (Wildman–Crippen MR) is 113 cm³/mol. The number of para-hydroxylation sites is 1. The van der Waals surface area contributed by atoms with Gasteiger partial charge in [-0.3, -0.25) is 15.7 Å². The molecule has 2 aromatic rings. The fourth-order valence-electron chi connectivity index (χ4n) is 3.15. The van der Waals surface area contributed by atoms with E-state index in [9.17, 15) is 18.0 Å². The monoisotopic (exact) mass is 448 g/mol. The molecule has 0 unspecified atom stereocenters. The van der Waals surface area contributed by atoms with E-state index in [0.29, 0.717) is 38.4 Å². The molecule has 1 fully saturated rings. The van der Waals surface area contributed by atoms with Crippen LogP contribution in [-0.2, 0) is 22.4 Å². The number of hydrogen-bond donors (Lipinski definition) is 2. The minimum Gasteiger partial charge on any atom is -0.421 e. The van der Waals surface area contributed by atoms with Gasteiger partial charge in [0.25, 0.3) is 5.90 Å². The lowest BCUT2D eigenvalue weighted by atomic mass is 10.1. The van der Waals surface area contributed by atoms with Gasteiger partial charge in [-0.15, -0.1) is 0 Å². The molecular weight excluding hydrogens is 425 g/mol. The van der Waals surface area contributed by atoms with Gasteiger partial charge in [0, 0.05) is 25.2 Å². The van der Waals surface area contributed by atoms with Crippen LogP contribution in [0.25, 0.3) is 0 Å². The van der Waals surface area contributed by atoms with Crippen LogP contribution in [0.2, 0.25) is 0 Å². The van der Waals surface area contributed by atoms with Crippen molar-refractivity contribution in [1.29, 1.82) is 10.8 Å². The van der Waals surface area contributed by atoms with Crippen molar-refractivity contribution in [2.75, 3.05) is 31.2 Å². The van der Waals surface area contributed by atoms with E-state index in [2.05, 4.69) is 4.74 Å². The first-order chi connectivity index (χ1) is 15.2. The highest BCUT2D eigenvalue weighted by atomic mass is 19.4. The van der Waals surface area contributed by atoms with Crippen molar-refractivity contribution < 1.29 is 27.4 Å². The molecule has 170 valence electrons. The Morgan fingerprint density at radius 1 is 1.00 bits per heavy atom. The minimum atomic E-state index is -4.93. The molecule has 2 aromatic carbocycles. The Kier molecular flexibility index (Phi) is 7.47. The van der Waals surface area contributed by atoms with E-state index in [1.54, 1.807) is 34.1 Å². The van der Waals surface area contributed by atoms with Crippen LogP contribution in [0, 0.1) is 10.8 Å². The summed E-state index contributed by atoms with van der Waals surface area (Å²) in [5, 5.41) is 14.4. The minimum absolute atomic E-state index is 0.135. The molecule has 0 aliphatic carbocycles. The Morgan fingerprint density at radius 3 is 2.19 bits per heavy atom. The van der Waals surface area contributed by atoms with Gasteiger partial charge >= 0.3 is 12.2 Å². The summed E-state index contributed by atoms with van der Waals surface area (Å²) in [7, 11) is 0. The topological polar surface area (TPSA) is 89.7 Å². The van der Waals surface area contributed by atoms with Crippen molar-refractivity contribution in [3.8, 4) is 0 Å². The molecule has 0 spiro atoms. The average Bonchev–Trinajstić information content (AvgIpc) is 2.78. The molecule has 2 N–H and O–H groups in total. The Morgan fingerprint density at radius 2 is 1.59 bits per heavy atom. The molecule has 1 aliphatic rings. The van der Waals surface area contributed by atoms with E-state index < -0.39 is 18.0 Å². The zero-order valence-corrected chi connectivity index (χ0v) is 17.2. The molecule has 7 nitrogen and oxygen atoms in total. The fourth-order valence-corrected chi connectivity index (χ4v) is 3.15. The van der Waals surface area contributed by atoms with Gasteiger partial charge in [0.05, 0.1) is 19.8 Å². The summed E-state index contributed by atoms with van der Waals surface area (Å²) in [6.45, 7) is 2.30. The number of carbonyl (C=O) groups is 1. The third-order valence-electron chi connectivity index (χ3n) is 4.79. The Bertz CT molecular complexity index is 943. The van der Waals surface area contributed by atoms with Gasteiger partial charge in [-0.25, -0.2) is 4.79 Å². The van der Waals surface area contributed by atoms with Crippen molar-refractivity contribution in [3.63, 3.8) is 0 Å². The quantitative estimate of drug-likeness (QED) is 0.530. The Balaban J connectivity index is 1.68. The molecule has 0 aromatic heterocycles. The standard InChI is InChI=1S/C22H23F3N4O3/c23-22(24,25)20(27)32-19(26)14-16-6-8-17(9-7-16)15-29(18-4-2-1-3-5-18)21(30)28-10-12-31-13-11-28/h1-9,26-27H,10-15H2. The van der Waals surface area contributed by atoms with Crippen LogP contribution in [0.3, 0.4) is 0 Å². The number of morpholine rings is 1. The first-order valence-electron chi connectivity index (χ1n) is 9.92. The Hall–Kier alpha value is -3.40. The second kappa shape index (κ2) is 10.3. The molecule has 1 saturated heterocycles. The molecule has 0 atom stereocenters. The maximum absolute atomic E-state index is 13.1. The SMILES string of the molecule is N=C(Cc1ccc(CN(C(=O)N2CCOCC2)c2ccccc2)cc1)OC(=N)C(F)(F)F. The predicted octanol–water partition coefficient (Wildman–Crippen LogP) is 4.22. The molecule has 32 heavy (non-hydrogen) atoms. The van der Waals surface area contributed by atoms with Gasteiger partial charge in [0.2, 0.25) is 0 Å². The zero-order valence-electron chi connectivity index (χ0n) is 17.2. The number of alkyl halides is 3. The lowest BCUT2D eigenvalue weighted by molar-refractivity contribution is -0.0729. The number of nitrogens with one attached hydrogen (secondary N) is 2. The maximum Gasteiger partial charge on any atom is 0.468 e. The number of anilines is 1. The van der Waals surface area contributed by atoms with Crippen LogP contribution in [-0.4, -0.2) is 55.2 Å². The van der Waals surface area contributed by atoms with Crippen molar-refractivity contribution in [1.82, 2.24) is 4.90 Å². The van der Waals surface area contributed by atoms with Crippen LogP contribution in [0.15, 0.2) is 54.6 Å². The number of ether oxygens (including phenoxy) is 2. The van der Waals surface area contributed by atoms with Gasteiger partial charge < -0.3 is 14.4 Å². The van der Waals surface area contributed by atoms with Crippen molar-refractivity contribution in [2.45, 2.75) is 19.1 Å². The molecule has 0 radical (unpaired) electrons. The number of halogens is 3. The molecule has 1 heterocycles. The number of benzene rings is 2. The van der Waals surface area contributed by atoms with Crippen LogP contribution >= 0.6 is 0 Å². The van der Waals surface area contributed by atoms with E-state index in [4.69, 9.17) is 15.6 Å². The van der Waals surface area contributed by atoms with Crippen LogP contribution in [0.5, 0.6) is 0 Å². The van der Waals surface area contributed by atoms with E-state index in [1.807, 2.05) is 30.3 Å². The summed E-state index contributed by atoms with van der Waals surface area (Å²) in [5.41, 5.74) is 2.11. The van der Waals surface area contributed by atoms with Crippen LogP contribution < -0.4 is 4.90 Å². The smallest absolute Gasteiger partial charge is 0.421 e. The molecule has 0 bridgehead atoms. The molecule has 3 rings (SSSR count). The average molecular weight is 448 g/mol. The number of urea groups is 1. The summed E-state index contributed by atoms with van der Waals surface area (Å²) in [4.78, 5) is 16.5. The normalized spacial score (nSPS) is 14.0. The third-order valence-corrected chi connectivity index (χ3v) is 4.79. The first kappa shape index (κ1) is 23.3. The number of rotatable bonds is 5. The lowest BCUT2D eigenvalue weighted by Gasteiger charge is -2.33. The molecular formula is C22H23F3N4O3. The van der Waals surface area contributed by atoms with Gasteiger partial charge in [-0.2, -0.15) is 13.2 Å². The van der Waals surface area contributed by atoms with Crippen LogP contribution in [0.1, 0.15) is 11.1 Å². The van der Waals surface area contributed by atoms with Gasteiger partial charge in [-0.1, -0.05) is 42.5 Å². The van der Waals surface area contributed by atoms with Gasteiger partial charge in [0.1, 0.15) is 0 Å².